The molecule has 0 saturated carbocycles. The SMILES string of the molecule is [C-]#[N+]C(C)(CCC(=O)NCCCCCC)SC(=S)c1ccccc1. The topological polar surface area (TPSA) is 33.5 Å². The average molecular weight is 363 g/mol. The smallest absolute Gasteiger partial charge is 0.280 e. The Morgan fingerprint density at radius 3 is 2.62 bits per heavy atom. The molecule has 0 spiro atoms. The van der Waals surface area contributed by atoms with E-state index in [4.69, 9.17) is 18.8 Å². The minimum absolute atomic E-state index is 0.0209. The number of rotatable bonds is 10. The van der Waals surface area contributed by atoms with Crippen molar-refractivity contribution in [1.82, 2.24) is 5.32 Å². The van der Waals surface area contributed by atoms with E-state index in [9.17, 15) is 4.79 Å². The quantitative estimate of drug-likeness (QED) is 0.352. The van der Waals surface area contributed by atoms with E-state index >= 15 is 0 Å². The van der Waals surface area contributed by atoms with Crippen LogP contribution in [0.2, 0.25) is 0 Å². The molecule has 0 aliphatic carbocycles. The van der Waals surface area contributed by atoms with Gasteiger partial charge in [0.25, 0.3) is 4.87 Å². The Balaban J connectivity index is 2.41. The van der Waals surface area contributed by atoms with Gasteiger partial charge in [0.15, 0.2) is 0 Å². The van der Waals surface area contributed by atoms with E-state index in [0.717, 1.165) is 24.9 Å². The van der Waals surface area contributed by atoms with Crippen LogP contribution >= 0.6 is 24.0 Å². The van der Waals surface area contributed by atoms with Crippen LogP contribution in [-0.2, 0) is 4.79 Å². The maximum Gasteiger partial charge on any atom is 0.280 e. The van der Waals surface area contributed by atoms with E-state index in [1.165, 1.54) is 24.6 Å². The van der Waals surface area contributed by atoms with Gasteiger partial charge in [0, 0.05) is 26.3 Å². The molecule has 1 N–H and O–H groups in total. The summed E-state index contributed by atoms with van der Waals surface area (Å²) < 4.78 is 0.703. The molecular formula is C19H26N2OS2. The number of benzene rings is 1. The lowest BCUT2D eigenvalue weighted by Crippen LogP contribution is -2.27. The maximum atomic E-state index is 11.9. The summed E-state index contributed by atoms with van der Waals surface area (Å²) in [5, 5.41) is 2.94. The molecule has 1 rings (SSSR count). The lowest BCUT2D eigenvalue weighted by Gasteiger charge is -2.17. The van der Waals surface area contributed by atoms with Crippen molar-refractivity contribution in [2.75, 3.05) is 6.54 Å². The molecule has 24 heavy (non-hydrogen) atoms. The van der Waals surface area contributed by atoms with Gasteiger partial charge < -0.3 is 5.32 Å². The third-order valence-corrected chi connectivity index (χ3v) is 5.37. The summed E-state index contributed by atoms with van der Waals surface area (Å²) in [5.41, 5.74) is 0.952. The first-order chi connectivity index (χ1) is 11.5. The van der Waals surface area contributed by atoms with Crippen molar-refractivity contribution in [3.05, 3.63) is 47.3 Å². The Bertz CT molecular complexity index is 568. The van der Waals surface area contributed by atoms with Crippen LogP contribution < -0.4 is 5.32 Å². The van der Waals surface area contributed by atoms with Gasteiger partial charge in [0.1, 0.15) is 0 Å². The molecule has 1 atom stereocenters. The van der Waals surface area contributed by atoms with Crippen molar-refractivity contribution < 1.29 is 4.79 Å². The monoisotopic (exact) mass is 362 g/mol. The van der Waals surface area contributed by atoms with Crippen molar-refractivity contribution >= 4 is 34.1 Å². The van der Waals surface area contributed by atoms with Crippen LogP contribution in [0.1, 0.15) is 57.9 Å². The molecule has 1 aromatic rings. The Labute approximate surface area is 155 Å². The Hall–Kier alpha value is -1.38. The number of nitrogens with zero attached hydrogens (tertiary/aromatic N) is 1. The average Bonchev–Trinajstić information content (AvgIpc) is 2.60. The second-order valence-corrected chi connectivity index (χ2v) is 8.11. The van der Waals surface area contributed by atoms with Crippen molar-refractivity contribution in [3.63, 3.8) is 0 Å². The first-order valence-corrected chi connectivity index (χ1v) is 9.67. The fraction of sp³-hybridized carbons (Fsp3) is 0.526. The van der Waals surface area contributed by atoms with Crippen molar-refractivity contribution in [2.24, 2.45) is 0 Å². The number of thioether (sulfide) groups is 1. The third-order valence-electron chi connectivity index (χ3n) is 3.73. The van der Waals surface area contributed by atoms with E-state index in [-0.39, 0.29) is 5.91 Å². The molecule has 0 saturated heterocycles. The van der Waals surface area contributed by atoms with Crippen LogP contribution in [0, 0.1) is 6.57 Å². The Kier molecular flexibility index (Phi) is 9.66. The summed E-state index contributed by atoms with van der Waals surface area (Å²) in [7, 11) is 0. The number of thiocarbonyl (C=S) groups is 1. The second kappa shape index (κ2) is 11.2. The van der Waals surface area contributed by atoms with Gasteiger partial charge in [-0.1, -0.05) is 68.7 Å². The molecule has 3 nitrogen and oxygen atoms in total. The molecule has 0 fully saturated rings. The minimum Gasteiger partial charge on any atom is -0.356 e. The zero-order chi connectivity index (χ0) is 17.8. The molecule has 0 radical (unpaired) electrons. The summed E-state index contributed by atoms with van der Waals surface area (Å²) in [6.07, 6.45) is 5.42. The van der Waals surface area contributed by atoms with E-state index in [0.29, 0.717) is 17.0 Å². The van der Waals surface area contributed by atoms with Gasteiger partial charge in [-0.05, 0) is 23.7 Å². The predicted octanol–water partition coefficient (Wildman–Crippen LogP) is 5.21. The summed E-state index contributed by atoms with van der Waals surface area (Å²) in [4.78, 5) is 15.0. The summed E-state index contributed by atoms with van der Waals surface area (Å²) in [5.74, 6) is 0.0209. The van der Waals surface area contributed by atoms with Gasteiger partial charge in [-0.15, -0.1) is 0 Å². The first-order valence-electron chi connectivity index (χ1n) is 8.44. The van der Waals surface area contributed by atoms with Crippen LogP contribution in [0.4, 0.5) is 0 Å². The highest BCUT2D eigenvalue weighted by Gasteiger charge is 2.33. The number of carbonyl (C=O) groups excluding carboxylic acids is 1. The highest BCUT2D eigenvalue weighted by molar-refractivity contribution is 8.24. The lowest BCUT2D eigenvalue weighted by molar-refractivity contribution is -0.121. The van der Waals surface area contributed by atoms with E-state index in [2.05, 4.69) is 17.1 Å². The van der Waals surface area contributed by atoms with Crippen LogP contribution in [0.15, 0.2) is 30.3 Å². The molecule has 5 heteroatoms. The number of unbranched alkanes of at least 4 members (excludes halogenated alkanes) is 3. The number of nitrogens with one attached hydrogen (secondary N) is 1. The van der Waals surface area contributed by atoms with Crippen LogP contribution in [0.3, 0.4) is 0 Å². The van der Waals surface area contributed by atoms with Gasteiger partial charge in [-0.2, -0.15) is 0 Å². The van der Waals surface area contributed by atoms with Crippen LogP contribution in [0.5, 0.6) is 0 Å². The number of hydrogen-bond acceptors (Lipinski definition) is 3. The van der Waals surface area contributed by atoms with Gasteiger partial charge in [0.05, 0.1) is 4.20 Å². The van der Waals surface area contributed by atoms with Crippen molar-refractivity contribution in [3.8, 4) is 0 Å². The van der Waals surface area contributed by atoms with Crippen molar-refractivity contribution in [1.29, 1.82) is 0 Å². The number of hydrogen-bond donors (Lipinski definition) is 1. The highest BCUT2D eigenvalue weighted by atomic mass is 32.2. The second-order valence-electron chi connectivity index (χ2n) is 5.95. The zero-order valence-corrected chi connectivity index (χ0v) is 16.1. The summed E-state index contributed by atoms with van der Waals surface area (Å²) in [6, 6.07) is 9.70. The molecule has 1 unspecified atom stereocenters. The fourth-order valence-corrected chi connectivity index (χ4v) is 3.75. The predicted molar refractivity (Wildman–Crippen MR) is 107 cm³/mol. The van der Waals surface area contributed by atoms with E-state index in [1.807, 2.05) is 37.3 Å². The van der Waals surface area contributed by atoms with Crippen molar-refractivity contribution in [2.45, 2.75) is 57.2 Å². The van der Waals surface area contributed by atoms with Gasteiger partial charge >= 0.3 is 0 Å². The lowest BCUT2D eigenvalue weighted by atomic mass is 10.1. The van der Waals surface area contributed by atoms with Crippen LogP contribution in [-0.4, -0.2) is 21.5 Å². The summed E-state index contributed by atoms with van der Waals surface area (Å²) >= 11 is 6.82. The fourth-order valence-electron chi connectivity index (χ4n) is 2.18. The Morgan fingerprint density at radius 1 is 1.29 bits per heavy atom. The van der Waals surface area contributed by atoms with Gasteiger partial charge in [-0.25, -0.2) is 6.57 Å². The molecule has 1 aromatic carbocycles. The molecule has 0 aliphatic heterocycles. The van der Waals surface area contributed by atoms with E-state index in [1.54, 1.807) is 0 Å². The molecule has 130 valence electrons. The molecule has 0 aromatic heterocycles. The van der Waals surface area contributed by atoms with E-state index < -0.39 is 4.87 Å². The highest BCUT2D eigenvalue weighted by Crippen LogP contribution is 2.34. The normalized spacial score (nSPS) is 12.9. The maximum absolute atomic E-state index is 11.9. The third kappa shape index (κ3) is 7.94. The first kappa shape index (κ1) is 20.7. The Morgan fingerprint density at radius 2 is 2.00 bits per heavy atom. The standard InChI is InChI=1S/C19H26N2OS2/c1-4-5-6-10-15-21-17(22)13-14-19(2,20-3)24-18(23)16-11-8-7-9-12-16/h7-9,11-12H,4-6,10,13-15H2,1-2H3,(H,21,22). The van der Waals surface area contributed by atoms with Crippen LogP contribution in [0.25, 0.3) is 4.85 Å². The minimum atomic E-state index is -0.702. The molecule has 0 aliphatic rings. The molecule has 0 heterocycles. The molecular weight excluding hydrogens is 336 g/mol. The molecule has 0 bridgehead atoms. The number of carbonyl (C=O) groups is 1. The molecule has 1 amide bonds. The van der Waals surface area contributed by atoms with Gasteiger partial charge in [-0.3, -0.25) is 9.64 Å². The zero-order valence-electron chi connectivity index (χ0n) is 14.5. The van der Waals surface area contributed by atoms with Gasteiger partial charge in [0.2, 0.25) is 5.91 Å². The largest absolute Gasteiger partial charge is 0.356 e. The number of amides is 1. The summed E-state index contributed by atoms with van der Waals surface area (Å²) in [6.45, 7) is 12.2.